The number of carboxylic acids is 1. The van der Waals surface area contributed by atoms with Gasteiger partial charge in [0.15, 0.2) is 0 Å². The lowest BCUT2D eigenvalue weighted by Gasteiger charge is -2.22. The molecule has 1 amide bonds. The van der Waals surface area contributed by atoms with Gasteiger partial charge in [0.2, 0.25) is 5.91 Å². The first-order valence-corrected chi connectivity index (χ1v) is 6.59. The van der Waals surface area contributed by atoms with Crippen molar-refractivity contribution in [3.63, 3.8) is 0 Å². The van der Waals surface area contributed by atoms with E-state index < -0.39 is 5.97 Å². The van der Waals surface area contributed by atoms with Crippen LogP contribution in [0.1, 0.15) is 42.7 Å². The number of hydrogen-bond donors (Lipinski definition) is 2. The molecule has 1 heterocycles. The van der Waals surface area contributed by atoms with Crippen LogP contribution in [-0.4, -0.2) is 42.1 Å². The predicted octanol–water partition coefficient (Wildman–Crippen LogP) is 1.48. The van der Waals surface area contributed by atoms with Crippen molar-refractivity contribution in [3.8, 4) is 0 Å². The number of anilines is 1. The van der Waals surface area contributed by atoms with E-state index in [0.29, 0.717) is 18.1 Å². The van der Waals surface area contributed by atoms with Gasteiger partial charge in [0.25, 0.3) is 0 Å². The lowest BCUT2D eigenvalue weighted by atomic mass is 10.1. The highest BCUT2D eigenvalue weighted by atomic mass is 16.4. The van der Waals surface area contributed by atoms with E-state index in [9.17, 15) is 14.7 Å². The highest BCUT2D eigenvalue weighted by Crippen LogP contribution is 2.20. The summed E-state index contributed by atoms with van der Waals surface area (Å²) in [5.41, 5.74) is 0.893. The Morgan fingerprint density at radius 2 is 2.05 bits per heavy atom. The molecule has 0 spiro atoms. The van der Waals surface area contributed by atoms with Crippen molar-refractivity contribution in [3.05, 3.63) is 23.4 Å². The van der Waals surface area contributed by atoms with Crippen molar-refractivity contribution in [2.24, 2.45) is 0 Å². The Kier molecular flexibility index (Phi) is 5.49. The first kappa shape index (κ1) is 15.9. The number of carbonyl (C=O) groups is 2. The number of aromatic carboxylic acids is 1. The molecule has 0 unspecified atom stereocenters. The minimum absolute atomic E-state index is 0.117. The third kappa shape index (κ3) is 3.94. The van der Waals surface area contributed by atoms with E-state index in [1.807, 2.05) is 20.8 Å². The molecular formula is C14H21N3O3. The first-order valence-electron chi connectivity index (χ1n) is 6.59. The molecule has 6 nitrogen and oxygen atoms in total. The quantitative estimate of drug-likeness (QED) is 0.824. The molecule has 0 saturated carbocycles. The Bertz CT molecular complexity index is 500. The van der Waals surface area contributed by atoms with E-state index >= 15 is 0 Å². The third-order valence-electron chi connectivity index (χ3n) is 2.99. The zero-order valence-corrected chi connectivity index (χ0v) is 12.3. The maximum atomic E-state index is 11.5. The molecule has 0 fully saturated rings. The van der Waals surface area contributed by atoms with Crippen molar-refractivity contribution < 1.29 is 14.7 Å². The molecule has 0 bridgehead atoms. The number of carbonyl (C=O) groups excluding carboxylic acids is 1. The second-order valence-corrected chi connectivity index (χ2v) is 4.79. The average Bonchev–Trinajstić information content (AvgIpc) is 2.43. The van der Waals surface area contributed by atoms with Gasteiger partial charge in [-0.15, -0.1) is 0 Å². The minimum atomic E-state index is -0.994. The Labute approximate surface area is 118 Å². The minimum Gasteiger partial charge on any atom is -0.478 e. The summed E-state index contributed by atoms with van der Waals surface area (Å²) in [6, 6.07) is 3.07. The topological polar surface area (TPSA) is 82.5 Å². The monoisotopic (exact) mass is 279 g/mol. The van der Waals surface area contributed by atoms with Crippen LogP contribution in [0.25, 0.3) is 0 Å². The number of carboxylic acid groups (broad SMARTS) is 1. The molecule has 110 valence electrons. The number of nitrogens with one attached hydrogen (secondary N) is 1. The van der Waals surface area contributed by atoms with Gasteiger partial charge in [-0.1, -0.05) is 13.8 Å². The van der Waals surface area contributed by atoms with Crippen LogP contribution in [0, 0.1) is 0 Å². The summed E-state index contributed by atoms with van der Waals surface area (Å²) < 4.78 is 0. The highest BCUT2D eigenvalue weighted by molar-refractivity contribution is 5.89. The number of hydrogen-bond acceptors (Lipinski definition) is 4. The lowest BCUT2D eigenvalue weighted by molar-refractivity contribution is -0.119. The zero-order valence-electron chi connectivity index (χ0n) is 12.3. The fourth-order valence-corrected chi connectivity index (χ4v) is 1.73. The molecular weight excluding hydrogens is 258 g/mol. The molecule has 1 aromatic rings. The van der Waals surface area contributed by atoms with E-state index in [-0.39, 0.29) is 23.9 Å². The van der Waals surface area contributed by atoms with Gasteiger partial charge in [0, 0.05) is 19.3 Å². The molecule has 0 aliphatic carbocycles. The van der Waals surface area contributed by atoms with Gasteiger partial charge in [-0.3, -0.25) is 4.79 Å². The van der Waals surface area contributed by atoms with Crippen LogP contribution in [0.4, 0.5) is 5.82 Å². The zero-order chi connectivity index (χ0) is 15.3. The molecule has 6 heteroatoms. The largest absolute Gasteiger partial charge is 0.478 e. The van der Waals surface area contributed by atoms with E-state index in [1.165, 1.54) is 6.07 Å². The summed E-state index contributed by atoms with van der Waals surface area (Å²) in [5.74, 6) is -0.501. The van der Waals surface area contributed by atoms with E-state index in [4.69, 9.17) is 0 Å². The lowest BCUT2D eigenvalue weighted by Crippen LogP contribution is -2.36. The molecule has 0 aromatic carbocycles. The second kappa shape index (κ2) is 6.88. The number of pyridine rings is 1. The Hall–Kier alpha value is -2.11. The first-order chi connectivity index (χ1) is 9.38. The number of amides is 1. The summed E-state index contributed by atoms with van der Waals surface area (Å²) in [4.78, 5) is 28.9. The molecule has 1 aromatic heterocycles. The summed E-state index contributed by atoms with van der Waals surface area (Å²) in [6.45, 7) is 6.52. The average molecular weight is 279 g/mol. The van der Waals surface area contributed by atoms with Gasteiger partial charge in [-0.2, -0.15) is 0 Å². The maximum Gasteiger partial charge on any atom is 0.335 e. The van der Waals surface area contributed by atoms with Crippen LogP contribution in [-0.2, 0) is 4.79 Å². The summed E-state index contributed by atoms with van der Waals surface area (Å²) >= 11 is 0. The van der Waals surface area contributed by atoms with Crippen molar-refractivity contribution in [1.29, 1.82) is 0 Å². The molecule has 20 heavy (non-hydrogen) atoms. The number of aromatic nitrogens is 1. The third-order valence-corrected chi connectivity index (χ3v) is 2.99. The molecule has 0 saturated heterocycles. The maximum absolute atomic E-state index is 11.5. The normalized spacial score (nSPS) is 10.4. The SMILES string of the molecule is CCN(CC(=O)NC)c1cc(C(=O)O)cc(C(C)C)n1. The van der Waals surface area contributed by atoms with Crippen molar-refractivity contribution >= 4 is 17.7 Å². The van der Waals surface area contributed by atoms with Gasteiger partial charge in [-0.05, 0) is 25.0 Å². The van der Waals surface area contributed by atoms with Crippen LogP contribution in [0.5, 0.6) is 0 Å². The smallest absolute Gasteiger partial charge is 0.335 e. The van der Waals surface area contributed by atoms with Gasteiger partial charge >= 0.3 is 5.97 Å². The van der Waals surface area contributed by atoms with Crippen molar-refractivity contribution in [2.45, 2.75) is 26.7 Å². The fourth-order valence-electron chi connectivity index (χ4n) is 1.73. The van der Waals surface area contributed by atoms with E-state index in [0.717, 1.165) is 0 Å². The van der Waals surface area contributed by atoms with Crippen molar-refractivity contribution in [2.75, 3.05) is 25.0 Å². The van der Waals surface area contributed by atoms with Gasteiger partial charge in [-0.25, -0.2) is 9.78 Å². The predicted molar refractivity (Wildman–Crippen MR) is 77.2 cm³/mol. The Morgan fingerprint density at radius 1 is 1.40 bits per heavy atom. The van der Waals surface area contributed by atoms with Gasteiger partial charge < -0.3 is 15.3 Å². The fraction of sp³-hybridized carbons (Fsp3) is 0.500. The molecule has 0 atom stereocenters. The number of rotatable bonds is 6. The standard InChI is InChI=1S/C14H21N3O3/c1-5-17(8-13(18)15-4)12-7-10(14(19)20)6-11(16-12)9(2)3/h6-7,9H,5,8H2,1-4H3,(H,15,18)(H,19,20). The van der Waals surface area contributed by atoms with E-state index in [1.54, 1.807) is 18.0 Å². The summed E-state index contributed by atoms with van der Waals surface area (Å²) in [6.07, 6.45) is 0. The van der Waals surface area contributed by atoms with E-state index in [2.05, 4.69) is 10.3 Å². The van der Waals surface area contributed by atoms with Gasteiger partial charge in [0.05, 0.1) is 12.1 Å². The van der Waals surface area contributed by atoms with Gasteiger partial charge in [0.1, 0.15) is 5.82 Å². The Morgan fingerprint density at radius 3 is 2.50 bits per heavy atom. The number of nitrogens with zero attached hydrogens (tertiary/aromatic N) is 2. The Balaban J connectivity index is 3.19. The second-order valence-electron chi connectivity index (χ2n) is 4.79. The van der Waals surface area contributed by atoms with Crippen LogP contribution in [0.15, 0.2) is 12.1 Å². The van der Waals surface area contributed by atoms with Crippen molar-refractivity contribution in [1.82, 2.24) is 10.3 Å². The van der Waals surface area contributed by atoms with Crippen LogP contribution >= 0.6 is 0 Å². The van der Waals surface area contributed by atoms with Crippen LogP contribution in [0.2, 0.25) is 0 Å². The summed E-state index contributed by atoms with van der Waals surface area (Å²) in [5, 5.41) is 11.7. The molecule has 0 radical (unpaired) electrons. The van der Waals surface area contributed by atoms with Crippen LogP contribution < -0.4 is 10.2 Å². The molecule has 0 aliphatic rings. The highest BCUT2D eigenvalue weighted by Gasteiger charge is 2.16. The van der Waals surface area contributed by atoms with Crippen LogP contribution in [0.3, 0.4) is 0 Å². The number of likely N-dealkylation sites (N-methyl/N-ethyl adjacent to an activating group) is 2. The molecule has 0 aliphatic heterocycles. The molecule has 1 rings (SSSR count). The summed E-state index contributed by atoms with van der Waals surface area (Å²) in [7, 11) is 1.57. The molecule has 2 N–H and O–H groups in total.